The number of anilines is 1. The summed E-state index contributed by atoms with van der Waals surface area (Å²) in [6.07, 6.45) is 6.74. The van der Waals surface area contributed by atoms with Crippen LogP contribution in [0.3, 0.4) is 0 Å². The molecule has 2 N–H and O–H groups in total. The molecule has 164 valence electrons. The maximum atomic E-state index is 12.9. The highest BCUT2D eigenvalue weighted by Crippen LogP contribution is 2.18. The van der Waals surface area contributed by atoms with Gasteiger partial charge in [-0.2, -0.15) is 10.2 Å². The van der Waals surface area contributed by atoms with Crippen LogP contribution in [0.1, 0.15) is 37.7 Å². The number of amides is 2. The Morgan fingerprint density at radius 3 is 2.09 bits per heavy atom. The van der Waals surface area contributed by atoms with E-state index in [1.165, 1.54) is 0 Å². The maximum absolute atomic E-state index is 12.9. The summed E-state index contributed by atoms with van der Waals surface area (Å²) in [6, 6.07) is 10.8. The topological polar surface area (TPSA) is 119 Å². The van der Waals surface area contributed by atoms with Gasteiger partial charge in [0.1, 0.15) is 11.1 Å². The molecule has 0 radical (unpaired) electrons. The molecule has 2 amide bonds. The predicted molar refractivity (Wildman–Crippen MR) is 121 cm³/mol. The molecule has 10 heteroatoms. The van der Waals surface area contributed by atoms with Gasteiger partial charge in [0.2, 0.25) is 0 Å². The summed E-state index contributed by atoms with van der Waals surface area (Å²) in [4.78, 5) is 34.2. The summed E-state index contributed by atoms with van der Waals surface area (Å²) in [5, 5.41) is 14.5. The molecule has 0 saturated carbocycles. The van der Waals surface area contributed by atoms with E-state index in [1.807, 2.05) is 18.2 Å². The molecular weight excluding hydrogens is 420 g/mol. The Bertz CT molecular complexity index is 1520. The van der Waals surface area contributed by atoms with Gasteiger partial charge in [-0.3, -0.25) is 9.59 Å². The predicted octanol–water partition coefficient (Wildman–Crippen LogP) is 2.57. The number of fused-ring (bicyclic) bond motifs is 2. The van der Waals surface area contributed by atoms with Crippen molar-refractivity contribution in [2.45, 2.75) is 20.4 Å². The van der Waals surface area contributed by atoms with Gasteiger partial charge >= 0.3 is 0 Å². The van der Waals surface area contributed by atoms with Crippen LogP contribution in [-0.2, 0) is 6.54 Å². The fraction of sp³-hybridized carbons (Fsp3) is 0.130. The van der Waals surface area contributed by atoms with Crippen LogP contribution in [0, 0.1) is 13.8 Å². The van der Waals surface area contributed by atoms with Gasteiger partial charge in [0.15, 0.2) is 11.3 Å². The minimum absolute atomic E-state index is 0.260. The lowest BCUT2D eigenvalue weighted by Crippen LogP contribution is -2.23. The van der Waals surface area contributed by atoms with Crippen molar-refractivity contribution in [2.75, 3.05) is 5.32 Å². The Kier molecular flexibility index (Phi) is 5.02. The van der Waals surface area contributed by atoms with Gasteiger partial charge in [0, 0.05) is 37.0 Å². The SMILES string of the molecule is Cc1nn2cccnc2c1C(=O)NCc1cccc(NC(=O)c2c(C)nn3cccnc23)c1. The first-order chi connectivity index (χ1) is 16.0. The fourth-order valence-corrected chi connectivity index (χ4v) is 3.75. The highest BCUT2D eigenvalue weighted by molar-refractivity contribution is 6.09. The van der Waals surface area contributed by atoms with Crippen LogP contribution in [0.5, 0.6) is 0 Å². The van der Waals surface area contributed by atoms with Crippen LogP contribution in [0.2, 0.25) is 0 Å². The zero-order chi connectivity index (χ0) is 22.9. The molecule has 5 aromatic rings. The molecule has 0 aliphatic carbocycles. The molecule has 0 atom stereocenters. The Hall–Kier alpha value is -4.60. The second-order valence-electron chi connectivity index (χ2n) is 7.53. The van der Waals surface area contributed by atoms with Crippen molar-refractivity contribution >= 4 is 28.8 Å². The van der Waals surface area contributed by atoms with E-state index in [4.69, 9.17) is 0 Å². The number of hydrogen-bond acceptors (Lipinski definition) is 6. The second kappa shape index (κ2) is 8.15. The van der Waals surface area contributed by atoms with Crippen molar-refractivity contribution in [1.82, 2.24) is 34.5 Å². The molecule has 5 rings (SSSR count). The second-order valence-corrected chi connectivity index (χ2v) is 7.53. The van der Waals surface area contributed by atoms with E-state index in [-0.39, 0.29) is 18.4 Å². The summed E-state index contributed by atoms with van der Waals surface area (Å²) in [6.45, 7) is 3.83. The van der Waals surface area contributed by atoms with E-state index in [0.717, 1.165) is 5.56 Å². The number of aryl methyl sites for hydroxylation is 2. The summed E-state index contributed by atoms with van der Waals surface area (Å²) < 4.78 is 3.16. The Morgan fingerprint density at radius 1 is 0.848 bits per heavy atom. The molecule has 0 aliphatic heterocycles. The lowest BCUT2D eigenvalue weighted by Gasteiger charge is -2.09. The number of nitrogens with one attached hydrogen (secondary N) is 2. The molecule has 4 heterocycles. The van der Waals surface area contributed by atoms with Gasteiger partial charge in [-0.15, -0.1) is 0 Å². The maximum Gasteiger partial charge on any atom is 0.261 e. The molecule has 0 fully saturated rings. The van der Waals surface area contributed by atoms with E-state index in [1.54, 1.807) is 65.9 Å². The average molecular weight is 440 g/mol. The molecule has 1 aromatic carbocycles. The standard InChI is InChI=1S/C23H20N8O2/c1-14-18(20-24-8-4-10-30(20)28-14)22(32)26-13-16-6-3-7-17(12-16)27-23(33)19-15(2)29-31-11-5-9-25-21(19)31/h3-12H,13H2,1-2H3,(H,26,32)(H,27,33). The normalized spacial score (nSPS) is 11.1. The first kappa shape index (κ1) is 20.3. The van der Waals surface area contributed by atoms with Crippen LogP contribution in [-0.4, -0.2) is 41.0 Å². The minimum atomic E-state index is -0.296. The summed E-state index contributed by atoms with van der Waals surface area (Å²) in [7, 11) is 0. The lowest BCUT2D eigenvalue weighted by atomic mass is 10.1. The van der Waals surface area contributed by atoms with E-state index >= 15 is 0 Å². The van der Waals surface area contributed by atoms with Crippen LogP contribution < -0.4 is 10.6 Å². The Labute approximate surface area is 188 Å². The number of hydrogen-bond donors (Lipinski definition) is 2. The van der Waals surface area contributed by atoms with Crippen LogP contribution in [0.15, 0.2) is 61.2 Å². The van der Waals surface area contributed by atoms with E-state index in [2.05, 4.69) is 30.8 Å². The molecule has 10 nitrogen and oxygen atoms in total. The highest BCUT2D eigenvalue weighted by Gasteiger charge is 2.19. The number of aromatic nitrogens is 6. The smallest absolute Gasteiger partial charge is 0.261 e. The van der Waals surface area contributed by atoms with E-state index < -0.39 is 0 Å². The van der Waals surface area contributed by atoms with Gasteiger partial charge < -0.3 is 10.6 Å². The summed E-state index contributed by atoms with van der Waals surface area (Å²) in [5.41, 5.74) is 4.49. The third-order valence-corrected chi connectivity index (χ3v) is 5.23. The molecule has 0 spiro atoms. The molecule has 4 aromatic heterocycles. The third-order valence-electron chi connectivity index (χ3n) is 5.23. The number of benzene rings is 1. The Balaban J connectivity index is 1.31. The lowest BCUT2D eigenvalue weighted by molar-refractivity contribution is 0.0950. The van der Waals surface area contributed by atoms with E-state index in [0.29, 0.717) is 39.5 Å². The Morgan fingerprint density at radius 2 is 1.45 bits per heavy atom. The molecule has 0 saturated heterocycles. The van der Waals surface area contributed by atoms with Crippen molar-refractivity contribution < 1.29 is 9.59 Å². The minimum Gasteiger partial charge on any atom is -0.348 e. The number of rotatable bonds is 5. The van der Waals surface area contributed by atoms with E-state index in [9.17, 15) is 9.59 Å². The zero-order valence-electron chi connectivity index (χ0n) is 18.0. The largest absolute Gasteiger partial charge is 0.348 e. The molecule has 0 aliphatic rings. The number of nitrogens with zero attached hydrogens (tertiary/aromatic N) is 6. The summed E-state index contributed by atoms with van der Waals surface area (Å²) in [5.74, 6) is -0.556. The van der Waals surface area contributed by atoms with Gasteiger partial charge in [0.05, 0.1) is 11.4 Å². The van der Waals surface area contributed by atoms with Crippen molar-refractivity contribution in [1.29, 1.82) is 0 Å². The van der Waals surface area contributed by atoms with Gasteiger partial charge in [0.25, 0.3) is 11.8 Å². The number of carbonyl (C=O) groups excluding carboxylic acids is 2. The molecule has 0 bridgehead atoms. The monoisotopic (exact) mass is 440 g/mol. The van der Waals surface area contributed by atoms with Crippen molar-refractivity contribution in [3.63, 3.8) is 0 Å². The van der Waals surface area contributed by atoms with Gasteiger partial charge in [-0.25, -0.2) is 19.0 Å². The van der Waals surface area contributed by atoms with Crippen LogP contribution in [0.25, 0.3) is 11.3 Å². The first-order valence-corrected chi connectivity index (χ1v) is 10.3. The fourth-order valence-electron chi connectivity index (χ4n) is 3.75. The quantitative estimate of drug-likeness (QED) is 0.434. The molecular formula is C23H20N8O2. The zero-order valence-corrected chi connectivity index (χ0v) is 18.0. The van der Waals surface area contributed by atoms with Crippen LogP contribution >= 0.6 is 0 Å². The number of carbonyl (C=O) groups is 2. The molecule has 33 heavy (non-hydrogen) atoms. The van der Waals surface area contributed by atoms with Crippen LogP contribution in [0.4, 0.5) is 5.69 Å². The average Bonchev–Trinajstić information content (AvgIpc) is 3.32. The third kappa shape index (κ3) is 3.78. The van der Waals surface area contributed by atoms with Gasteiger partial charge in [-0.1, -0.05) is 12.1 Å². The molecule has 0 unspecified atom stereocenters. The first-order valence-electron chi connectivity index (χ1n) is 10.3. The highest BCUT2D eigenvalue weighted by atomic mass is 16.2. The van der Waals surface area contributed by atoms with Crippen molar-refractivity contribution in [2.24, 2.45) is 0 Å². The van der Waals surface area contributed by atoms with Crippen molar-refractivity contribution in [3.05, 3.63) is 89.3 Å². The summed E-state index contributed by atoms with van der Waals surface area (Å²) >= 11 is 0. The van der Waals surface area contributed by atoms with Crippen molar-refractivity contribution in [3.8, 4) is 0 Å². The van der Waals surface area contributed by atoms with Gasteiger partial charge in [-0.05, 0) is 43.7 Å².